The molecule has 5 unspecified atom stereocenters. The summed E-state index contributed by atoms with van der Waals surface area (Å²) in [5, 5.41) is 27.3. The third-order valence-corrected chi connectivity index (χ3v) is 6.76. The summed E-state index contributed by atoms with van der Waals surface area (Å²) in [6.07, 6.45) is 1.85. The van der Waals surface area contributed by atoms with E-state index in [2.05, 4.69) is 20.9 Å². The van der Waals surface area contributed by atoms with Gasteiger partial charge in [0.1, 0.15) is 18.1 Å². The van der Waals surface area contributed by atoms with Crippen LogP contribution in [0.15, 0.2) is 30.5 Å². The van der Waals surface area contributed by atoms with Gasteiger partial charge < -0.3 is 36.9 Å². The summed E-state index contributed by atoms with van der Waals surface area (Å²) in [6.45, 7) is 6.99. The highest BCUT2D eigenvalue weighted by molar-refractivity contribution is 5.94. The minimum absolute atomic E-state index is 0.0329. The van der Waals surface area contributed by atoms with Gasteiger partial charge in [-0.15, -0.1) is 0 Å². The SMILES string of the molecule is CCC(C)C(NC(=O)C(NC(=O)C(N)CCC(=O)O)C(C)C)C(=O)NC(Cc1c[nH]c2ccccc12)C(=O)O. The molecule has 3 amide bonds. The zero-order chi connectivity index (χ0) is 29.3. The van der Waals surface area contributed by atoms with Gasteiger partial charge in [0.15, 0.2) is 0 Å². The van der Waals surface area contributed by atoms with Gasteiger partial charge in [0.05, 0.1) is 6.04 Å². The van der Waals surface area contributed by atoms with Crippen LogP contribution in [0.1, 0.15) is 52.5 Å². The van der Waals surface area contributed by atoms with Crippen LogP contribution in [0.25, 0.3) is 10.9 Å². The van der Waals surface area contributed by atoms with E-state index in [0.29, 0.717) is 6.42 Å². The van der Waals surface area contributed by atoms with Crippen molar-refractivity contribution in [3.8, 4) is 0 Å². The van der Waals surface area contributed by atoms with Crippen LogP contribution in [0.3, 0.4) is 0 Å². The molecule has 0 spiro atoms. The van der Waals surface area contributed by atoms with E-state index in [4.69, 9.17) is 10.8 Å². The van der Waals surface area contributed by atoms with Gasteiger partial charge in [-0.3, -0.25) is 19.2 Å². The number of aromatic nitrogens is 1. The Kier molecular flexibility index (Phi) is 11.5. The summed E-state index contributed by atoms with van der Waals surface area (Å²) in [5.74, 6) is -5.01. The van der Waals surface area contributed by atoms with Crippen molar-refractivity contribution in [3.05, 3.63) is 36.0 Å². The Morgan fingerprint density at radius 1 is 0.923 bits per heavy atom. The van der Waals surface area contributed by atoms with Crippen LogP contribution in [0.2, 0.25) is 0 Å². The van der Waals surface area contributed by atoms with Gasteiger partial charge in [-0.05, 0) is 29.9 Å². The number of carboxylic acids is 2. The van der Waals surface area contributed by atoms with Crippen molar-refractivity contribution < 1.29 is 34.2 Å². The van der Waals surface area contributed by atoms with Gasteiger partial charge in [0.2, 0.25) is 17.7 Å². The first-order valence-electron chi connectivity index (χ1n) is 13.0. The van der Waals surface area contributed by atoms with Gasteiger partial charge in [0.25, 0.3) is 0 Å². The van der Waals surface area contributed by atoms with Crippen molar-refractivity contribution in [1.29, 1.82) is 0 Å². The fourth-order valence-corrected chi connectivity index (χ4v) is 4.13. The summed E-state index contributed by atoms with van der Waals surface area (Å²) >= 11 is 0. The largest absolute Gasteiger partial charge is 0.481 e. The van der Waals surface area contributed by atoms with Crippen LogP contribution in [0, 0.1) is 11.8 Å². The number of para-hydroxylation sites is 1. The third kappa shape index (κ3) is 8.81. The number of nitrogens with two attached hydrogens (primary N) is 1. The van der Waals surface area contributed by atoms with Crippen LogP contribution >= 0.6 is 0 Å². The van der Waals surface area contributed by atoms with Gasteiger partial charge in [-0.1, -0.05) is 52.3 Å². The molecule has 0 saturated heterocycles. The van der Waals surface area contributed by atoms with E-state index in [1.165, 1.54) is 0 Å². The summed E-state index contributed by atoms with van der Waals surface area (Å²) in [4.78, 5) is 64.9. The molecular weight excluding hydrogens is 506 g/mol. The highest BCUT2D eigenvalue weighted by Gasteiger charge is 2.34. The van der Waals surface area contributed by atoms with Crippen LogP contribution in [0.5, 0.6) is 0 Å². The molecule has 12 heteroatoms. The number of benzene rings is 1. The van der Waals surface area contributed by atoms with Gasteiger partial charge in [-0.2, -0.15) is 0 Å². The second-order valence-electron chi connectivity index (χ2n) is 10.1. The molecule has 0 aliphatic carbocycles. The Labute approximate surface area is 227 Å². The molecule has 0 saturated carbocycles. The predicted octanol–water partition coefficient (Wildman–Crippen LogP) is 1.14. The molecule has 1 heterocycles. The number of fused-ring (bicyclic) bond motifs is 1. The Bertz CT molecular complexity index is 1180. The molecular formula is C27H39N5O7. The summed E-state index contributed by atoms with van der Waals surface area (Å²) in [7, 11) is 0. The molecule has 2 rings (SSSR count). The summed E-state index contributed by atoms with van der Waals surface area (Å²) in [6, 6.07) is 2.95. The fourth-order valence-electron chi connectivity index (χ4n) is 4.13. The fraction of sp³-hybridized carbons (Fsp3) is 0.519. The lowest BCUT2D eigenvalue weighted by Crippen LogP contribution is -2.60. The predicted molar refractivity (Wildman–Crippen MR) is 145 cm³/mol. The number of rotatable bonds is 15. The van der Waals surface area contributed by atoms with Crippen LogP contribution in [0.4, 0.5) is 0 Å². The van der Waals surface area contributed by atoms with Crippen molar-refractivity contribution in [3.63, 3.8) is 0 Å². The second kappa shape index (κ2) is 14.3. The number of carbonyl (C=O) groups excluding carboxylic acids is 3. The van der Waals surface area contributed by atoms with Crippen molar-refractivity contribution in [2.45, 2.75) is 77.5 Å². The maximum Gasteiger partial charge on any atom is 0.326 e. The molecule has 8 N–H and O–H groups in total. The van der Waals surface area contributed by atoms with Crippen molar-refractivity contribution in [2.75, 3.05) is 0 Å². The normalized spacial score (nSPS) is 15.1. The Morgan fingerprint density at radius 3 is 2.13 bits per heavy atom. The molecule has 0 radical (unpaired) electrons. The van der Waals surface area contributed by atoms with E-state index in [-0.39, 0.29) is 31.1 Å². The lowest BCUT2D eigenvalue weighted by atomic mass is 9.95. The highest BCUT2D eigenvalue weighted by atomic mass is 16.4. The Hall–Kier alpha value is -3.93. The standard InChI is InChI=1S/C27H39N5O7/c1-5-15(4)23(32-25(36)22(14(2)3)31-24(35)18(28)10-11-21(33)34)26(37)30-20(27(38)39)12-16-13-29-19-9-7-6-8-17(16)19/h6-9,13-15,18,20,22-23,29H,5,10-12,28H2,1-4H3,(H,30,37)(H,31,35)(H,32,36)(H,33,34)(H,38,39). The molecule has 2 aromatic rings. The first kappa shape index (κ1) is 31.3. The minimum atomic E-state index is -1.24. The van der Waals surface area contributed by atoms with Crippen molar-refractivity contribution in [1.82, 2.24) is 20.9 Å². The van der Waals surface area contributed by atoms with Gasteiger partial charge in [0, 0.05) is 29.9 Å². The number of H-pyrrole nitrogens is 1. The Balaban J connectivity index is 2.16. The smallest absolute Gasteiger partial charge is 0.326 e. The molecule has 12 nitrogen and oxygen atoms in total. The van der Waals surface area contributed by atoms with Crippen LogP contribution in [-0.4, -0.2) is 69.0 Å². The monoisotopic (exact) mass is 545 g/mol. The Morgan fingerprint density at radius 2 is 1.54 bits per heavy atom. The van der Waals surface area contributed by atoms with Gasteiger partial charge >= 0.3 is 11.9 Å². The van der Waals surface area contributed by atoms with E-state index >= 15 is 0 Å². The van der Waals surface area contributed by atoms with E-state index in [0.717, 1.165) is 16.5 Å². The number of hydrogen-bond acceptors (Lipinski definition) is 6. The molecule has 5 atom stereocenters. The summed E-state index contributed by atoms with van der Waals surface area (Å²) < 4.78 is 0. The minimum Gasteiger partial charge on any atom is -0.481 e. The quantitative estimate of drug-likeness (QED) is 0.172. The molecule has 0 aliphatic rings. The lowest BCUT2D eigenvalue weighted by molar-refractivity contribution is -0.142. The third-order valence-electron chi connectivity index (χ3n) is 6.76. The average molecular weight is 546 g/mol. The van der Waals surface area contributed by atoms with Crippen molar-refractivity contribution >= 4 is 40.6 Å². The second-order valence-corrected chi connectivity index (χ2v) is 10.1. The molecule has 1 aromatic heterocycles. The number of carbonyl (C=O) groups is 5. The number of aromatic amines is 1. The lowest BCUT2D eigenvalue weighted by Gasteiger charge is -2.29. The van der Waals surface area contributed by atoms with E-state index in [1.54, 1.807) is 27.0 Å². The first-order chi connectivity index (χ1) is 18.3. The first-order valence-corrected chi connectivity index (χ1v) is 13.0. The van der Waals surface area contributed by atoms with E-state index in [9.17, 15) is 29.1 Å². The maximum atomic E-state index is 13.3. The number of nitrogens with one attached hydrogen (secondary N) is 4. The van der Waals surface area contributed by atoms with Crippen molar-refractivity contribution in [2.24, 2.45) is 17.6 Å². The number of aliphatic carboxylic acids is 2. The molecule has 0 aliphatic heterocycles. The van der Waals surface area contributed by atoms with Gasteiger partial charge in [-0.25, -0.2) is 4.79 Å². The molecule has 1 aromatic carbocycles. The number of hydrogen-bond donors (Lipinski definition) is 7. The summed E-state index contributed by atoms with van der Waals surface area (Å²) in [5.41, 5.74) is 7.35. The number of amides is 3. The molecule has 0 bridgehead atoms. The van der Waals surface area contributed by atoms with E-state index < -0.39 is 53.8 Å². The molecule has 0 fully saturated rings. The maximum absolute atomic E-state index is 13.3. The van der Waals surface area contributed by atoms with Crippen LogP contribution < -0.4 is 21.7 Å². The number of carboxylic acid groups (broad SMARTS) is 2. The zero-order valence-electron chi connectivity index (χ0n) is 22.7. The van der Waals surface area contributed by atoms with E-state index in [1.807, 2.05) is 31.2 Å². The average Bonchev–Trinajstić information content (AvgIpc) is 3.30. The zero-order valence-corrected chi connectivity index (χ0v) is 22.7. The topological polar surface area (TPSA) is 204 Å². The molecule has 39 heavy (non-hydrogen) atoms. The van der Waals surface area contributed by atoms with Crippen LogP contribution in [-0.2, 0) is 30.4 Å². The molecule has 214 valence electrons. The highest BCUT2D eigenvalue weighted by Crippen LogP contribution is 2.19.